The van der Waals surface area contributed by atoms with Crippen LogP contribution in [0.3, 0.4) is 0 Å². The van der Waals surface area contributed by atoms with Gasteiger partial charge in [0, 0.05) is 16.0 Å². The number of hydrogen-bond donors (Lipinski definition) is 2. The summed E-state index contributed by atoms with van der Waals surface area (Å²) in [6, 6.07) is 5.02. The summed E-state index contributed by atoms with van der Waals surface area (Å²) in [7, 11) is 0. The first kappa shape index (κ1) is 14.0. The summed E-state index contributed by atoms with van der Waals surface area (Å²) in [4.78, 5) is 19.9. The van der Waals surface area contributed by atoms with Crippen LogP contribution in [0.5, 0.6) is 0 Å². The molecule has 0 saturated carbocycles. The molecule has 0 aliphatic carbocycles. The van der Waals surface area contributed by atoms with Crippen LogP contribution in [0.1, 0.15) is 10.5 Å². The summed E-state index contributed by atoms with van der Waals surface area (Å²) < 4.78 is 0. The van der Waals surface area contributed by atoms with Gasteiger partial charge in [0.25, 0.3) is 5.91 Å². The van der Waals surface area contributed by atoms with Crippen LogP contribution in [0.4, 0.5) is 5.95 Å². The molecule has 0 radical (unpaired) electrons. The zero-order valence-corrected chi connectivity index (χ0v) is 12.6. The number of aromatic nitrogens is 4. The minimum absolute atomic E-state index is 0.147. The Morgan fingerprint density at radius 2 is 2.19 bits per heavy atom. The van der Waals surface area contributed by atoms with Gasteiger partial charge >= 0.3 is 0 Å². The first-order valence-corrected chi connectivity index (χ1v) is 7.41. The van der Waals surface area contributed by atoms with Gasteiger partial charge in [0.1, 0.15) is 5.69 Å². The van der Waals surface area contributed by atoms with Gasteiger partial charge in [0.15, 0.2) is 5.82 Å². The van der Waals surface area contributed by atoms with Crippen molar-refractivity contribution in [2.75, 3.05) is 5.32 Å². The van der Waals surface area contributed by atoms with Crippen molar-refractivity contribution in [1.82, 2.24) is 20.2 Å². The zero-order valence-electron chi connectivity index (χ0n) is 10.3. The number of nitrogens with one attached hydrogen (secondary N) is 2. The maximum atomic E-state index is 11.8. The van der Waals surface area contributed by atoms with E-state index in [-0.39, 0.29) is 11.9 Å². The molecule has 0 saturated heterocycles. The normalized spacial score (nSPS) is 10.6. The molecule has 0 fully saturated rings. The van der Waals surface area contributed by atoms with Gasteiger partial charge in [0.2, 0.25) is 5.95 Å². The molecule has 3 aromatic rings. The lowest BCUT2D eigenvalue weighted by molar-refractivity contribution is 0.102. The second-order valence-electron chi connectivity index (χ2n) is 3.96. The molecular formula is C12H7Cl2N5OS. The van der Waals surface area contributed by atoms with Crippen molar-refractivity contribution in [3.05, 3.63) is 44.8 Å². The predicted molar refractivity (Wildman–Crippen MR) is 81.9 cm³/mol. The number of thiazole rings is 1. The molecule has 0 bridgehead atoms. The standard InChI is InChI=1S/C12H7Cl2N5OS/c13-6-1-2-7(8(14)3-6)10-16-12(19-18-10)17-11(20)9-4-21-5-15-9/h1-5H,(H2,16,17,18,19,20). The van der Waals surface area contributed by atoms with E-state index in [4.69, 9.17) is 23.2 Å². The van der Waals surface area contributed by atoms with Gasteiger partial charge < -0.3 is 0 Å². The molecule has 0 aliphatic rings. The highest BCUT2D eigenvalue weighted by Crippen LogP contribution is 2.28. The molecule has 1 amide bonds. The van der Waals surface area contributed by atoms with Crippen molar-refractivity contribution >= 4 is 46.4 Å². The Hall–Kier alpha value is -1.96. The number of rotatable bonds is 3. The highest BCUT2D eigenvalue weighted by Gasteiger charge is 2.13. The van der Waals surface area contributed by atoms with E-state index in [1.54, 1.807) is 29.1 Å². The van der Waals surface area contributed by atoms with Gasteiger partial charge in [0.05, 0.1) is 10.5 Å². The maximum Gasteiger partial charge on any atom is 0.277 e. The Kier molecular flexibility index (Phi) is 3.87. The Balaban J connectivity index is 1.82. The summed E-state index contributed by atoms with van der Waals surface area (Å²) in [6.07, 6.45) is 0. The first-order valence-electron chi connectivity index (χ1n) is 5.71. The molecule has 2 heterocycles. The van der Waals surface area contributed by atoms with Gasteiger partial charge in [-0.15, -0.1) is 16.4 Å². The molecular weight excluding hydrogens is 333 g/mol. The van der Waals surface area contributed by atoms with Crippen molar-refractivity contribution in [3.8, 4) is 11.4 Å². The number of carbonyl (C=O) groups is 1. The van der Waals surface area contributed by atoms with Crippen molar-refractivity contribution in [2.24, 2.45) is 0 Å². The third-order valence-corrected chi connectivity index (χ3v) is 3.70. The van der Waals surface area contributed by atoms with Gasteiger partial charge in [-0.2, -0.15) is 4.98 Å². The quantitative estimate of drug-likeness (QED) is 0.764. The molecule has 2 aromatic heterocycles. The summed E-state index contributed by atoms with van der Waals surface area (Å²) in [6.45, 7) is 0. The second-order valence-corrected chi connectivity index (χ2v) is 5.52. The number of aromatic amines is 1. The number of nitrogens with zero attached hydrogens (tertiary/aromatic N) is 3. The van der Waals surface area contributed by atoms with E-state index in [1.807, 2.05) is 0 Å². The third-order valence-electron chi connectivity index (χ3n) is 2.56. The molecule has 1 aromatic carbocycles. The largest absolute Gasteiger partial charge is 0.288 e. The van der Waals surface area contributed by atoms with Crippen LogP contribution in [0.25, 0.3) is 11.4 Å². The van der Waals surface area contributed by atoms with E-state index in [2.05, 4.69) is 25.5 Å². The van der Waals surface area contributed by atoms with Crippen LogP contribution >= 0.6 is 34.5 Å². The number of amides is 1. The van der Waals surface area contributed by atoms with Crippen LogP contribution < -0.4 is 5.32 Å². The molecule has 6 nitrogen and oxygen atoms in total. The number of hydrogen-bond acceptors (Lipinski definition) is 5. The predicted octanol–water partition coefficient (Wildman–Crippen LogP) is 3.49. The number of benzene rings is 1. The third kappa shape index (κ3) is 3.05. The molecule has 9 heteroatoms. The monoisotopic (exact) mass is 339 g/mol. The Bertz CT molecular complexity index is 787. The Morgan fingerprint density at radius 1 is 1.33 bits per heavy atom. The number of anilines is 1. The molecule has 0 spiro atoms. The van der Waals surface area contributed by atoms with E-state index in [0.29, 0.717) is 27.1 Å². The van der Waals surface area contributed by atoms with Gasteiger partial charge in [-0.25, -0.2) is 4.98 Å². The molecule has 0 atom stereocenters. The fourth-order valence-electron chi connectivity index (χ4n) is 1.61. The van der Waals surface area contributed by atoms with E-state index in [0.717, 1.165) is 0 Å². The molecule has 0 aliphatic heterocycles. The number of halogens is 2. The summed E-state index contributed by atoms with van der Waals surface area (Å²) in [5.74, 6) is 0.211. The van der Waals surface area contributed by atoms with Crippen LogP contribution in [0.2, 0.25) is 10.0 Å². The maximum absolute atomic E-state index is 11.8. The summed E-state index contributed by atoms with van der Waals surface area (Å²) in [5, 5.41) is 11.8. The zero-order chi connectivity index (χ0) is 14.8. The number of H-pyrrole nitrogens is 1. The molecule has 0 unspecified atom stereocenters. The van der Waals surface area contributed by atoms with E-state index >= 15 is 0 Å². The first-order chi connectivity index (χ1) is 10.1. The Morgan fingerprint density at radius 3 is 2.90 bits per heavy atom. The van der Waals surface area contributed by atoms with Crippen molar-refractivity contribution in [2.45, 2.75) is 0 Å². The van der Waals surface area contributed by atoms with Crippen LogP contribution in [-0.4, -0.2) is 26.1 Å². The van der Waals surface area contributed by atoms with Crippen molar-refractivity contribution in [3.63, 3.8) is 0 Å². The average Bonchev–Trinajstić information content (AvgIpc) is 3.09. The van der Waals surface area contributed by atoms with Crippen LogP contribution in [0.15, 0.2) is 29.1 Å². The molecule has 2 N–H and O–H groups in total. The number of carbonyl (C=O) groups excluding carboxylic acids is 1. The lowest BCUT2D eigenvalue weighted by atomic mass is 10.2. The fourth-order valence-corrected chi connectivity index (χ4v) is 2.64. The average molecular weight is 340 g/mol. The Labute approximate surface area is 133 Å². The van der Waals surface area contributed by atoms with Gasteiger partial charge in [-0.1, -0.05) is 23.2 Å². The lowest BCUT2D eigenvalue weighted by Crippen LogP contribution is -2.13. The second kappa shape index (κ2) is 5.80. The topological polar surface area (TPSA) is 83.6 Å². The lowest BCUT2D eigenvalue weighted by Gasteiger charge is -2.00. The van der Waals surface area contributed by atoms with Crippen molar-refractivity contribution in [1.29, 1.82) is 0 Å². The fraction of sp³-hybridized carbons (Fsp3) is 0. The van der Waals surface area contributed by atoms with Crippen LogP contribution in [-0.2, 0) is 0 Å². The molecule has 3 rings (SSSR count). The minimum Gasteiger partial charge on any atom is -0.288 e. The SMILES string of the molecule is O=C(Nc1n[nH]c(-c2ccc(Cl)cc2Cl)n1)c1cscn1. The van der Waals surface area contributed by atoms with E-state index in [9.17, 15) is 4.79 Å². The van der Waals surface area contributed by atoms with Gasteiger partial charge in [-0.3, -0.25) is 15.2 Å². The smallest absolute Gasteiger partial charge is 0.277 e. The van der Waals surface area contributed by atoms with Crippen molar-refractivity contribution < 1.29 is 4.79 Å². The summed E-state index contributed by atoms with van der Waals surface area (Å²) in [5.41, 5.74) is 2.53. The highest BCUT2D eigenvalue weighted by molar-refractivity contribution is 7.07. The van der Waals surface area contributed by atoms with E-state index in [1.165, 1.54) is 11.3 Å². The van der Waals surface area contributed by atoms with Gasteiger partial charge in [-0.05, 0) is 18.2 Å². The van der Waals surface area contributed by atoms with E-state index < -0.39 is 0 Å². The minimum atomic E-state index is -0.371. The molecule has 21 heavy (non-hydrogen) atoms. The summed E-state index contributed by atoms with van der Waals surface area (Å²) >= 11 is 13.3. The molecule has 106 valence electrons. The van der Waals surface area contributed by atoms with Crippen LogP contribution in [0, 0.1) is 0 Å². The highest BCUT2D eigenvalue weighted by atomic mass is 35.5.